The van der Waals surface area contributed by atoms with Gasteiger partial charge in [0, 0.05) is 16.7 Å². The van der Waals surface area contributed by atoms with Crippen LogP contribution in [0.3, 0.4) is 0 Å². The predicted octanol–water partition coefficient (Wildman–Crippen LogP) is -1.23. The topological polar surface area (TPSA) is 153 Å². The maximum atomic E-state index is 11.7. The Morgan fingerprint density at radius 3 is 2.90 bits per heavy atom. The van der Waals surface area contributed by atoms with Crippen molar-refractivity contribution in [3.8, 4) is 0 Å². The van der Waals surface area contributed by atoms with E-state index in [1.807, 2.05) is 0 Å². The van der Waals surface area contributed by atoms with Gasteiger partial charge in [0.05, 0.1) is 18.8 Å². The van der Waals surface area contributed by atoms with E-state index in [4.69, 9.17) is 15.4 Å². The number of aryl methyl sites for hydroxylation is 1. The largest absolute Gasteiger partial charge is 0.394 e. The lowest BCUT2D eigenvalue weighted by Crippen LogP contribution is -2.38. The van der Waals surface area contributed by atoms with Crippen molar-refractivity contribution in [1.29, 1.82) is 0 Å². The average Bonchev–Trinajstić information content (AvgIpc) is 2.72. The quantitative estimate of drug-likeness (QED) is 0.360. The van der Waals surface area contributed by atoms with Gasteiger partial charge in [0.25, 0.3) is 5.56 Å². The van der Waals surface area contributed by atoms with Crippen LogP contribution in [0.4, 0.5) is 0 Å². The molecular weight excluding hydrogens is 270 g/mol. The van der Waals surface area contributed by atoms with E-state index in [0.29, 0.717) is 0 Å². The molecule has 20 heavy (non-hydrogen) atoms. The molecule has 0 bridgehead atoms. The van der Waals surface area contributed by atoms with Gasteiger partial charge in [-0.1, -0.05) is 5.11 Å². The van der Waals surface area contributed by atoms with E-state index in [-0.39, 0.29) is 5.56 Å². The average molecular weight is 283 g/mol. The highest BCUT2D eigenvalue weighted by molar-refractivity contribution is 5.04. The van der Waals surface area contributed by atoms with Crippen LogP contribution in [-0.4, -0.2) is 44.6 Å². The first-order chi connectivity index (χ1) is 9.49. The minimum Gasteiger partial charge on any atom is -0.394 e. The zero-order valence-corrected chi connectivity index (χ0v) is 10.5. The van der Waals surface area contributed by atoms with Crippen molar-refractivity contribution < 1.29 is 14.9 Å². The number of aromatic amines is 1. The second kappa shape index (κ2) is 5.47. The van der Waals surface area contributed by atoms with E-state index in [2.05, 4.69) is 15.0 Å². The second-order valence-corrected chi connectivity index (χ2v) is 4.41. The molecule has 0 aromatic carbocycles. The molecule has 1 aliphatic rings. The Balaban J connectivity index is 2.44. The maximum Gasteiger partial charge on any atom is 0.330 e. The van der Waals surface area contributed by atoms with Gasteiger partial charge in [-0.05, 0) is 12.5 Å². The molecule has 0 spiro atoms. The molecule has 1 saturated heterocycles. The van der Waals surface area contributed by atoms with E-state index < -0.39 is 42.3 Å². The predicted molar refractivity (Wildman–Crippen MR) is 66.0 cm³/mol. The summed E-state index contributed by atoms with van der Waals surface area (Å²) in [5.41, 5.74) is 7.40. The fourth-order valence-electron chi connectivity index (χ4n) is 2.09. The van der Waals surface area contributed by atoms with Crippen LogP contribution >= 0.6 is 0 Å². The number of hydrogen-bond acceptors (Lipinski definition) is 6. The zero-order valence-electron chi connectivity index (χ0n) is 10.5. The third-order valence-corrected chi connectivity index (χ3v) is 3.12. The molecule has 1 aromatic rings. The number of aromatic nitrogens is 2. The molecule has 0 radical (unpaired) electrons. The molecule has 10 nitrogen and oxygen atoms in total. The maximum absolute atomic E-state index is 11.7. The Labute approximate surface area is 111 Å². The van der Waals surface area contributed by atoms with Crippen molar-refractivity contribution in [3.63, 3.8) is 0 Å². The number of H-pyrrole nitrogens is 1. The Hall–Kier alpha value is -2.13. The summed E-state index contributed by atoms with van der Waals surface area (Å²) in [5, 5.41) is 22.6. The van der Waals surface area contributed by atoms with Gasteiger partial charge in [0.2, 0.25) is 0 Å². The molecule has 4 atom stereocenters. The molecule has 4 unspecified atom stereocenters. The lowest BCUT2D eigenvalue weighted by Gasteiger charge is -2.17. The number of hydrogen-bond donors (Lipinski definition) is 3. The first-order valence-electron chi connectivity index (χ1n) is 5.80. The number of nitrogens with zero attached hydrogens (tertiary/aromatic N) is 4. The summed E-state index contributed by atoms with van der Waals surface area (Å²) < 4.78 is 6.32. The van der Waals surface area contributed by atoms with Gasteiger partial charge in [-0.15, -0.1) is 0 Å². The first kappa shape index (κ1) is 14.3. The highest BCUT2D eigenvalue weighted by atomic mass is 16.5. The molecule has 0 aliphatic carbocycles. The minimum atomic E-state index is -1.31. The summed E-state index contributed by atoms with van der Waals surface area (Å²) in [7, 11) is 0. The van der Waals surface area contributed by atoms with E-state index in [0.717, 1.165) is 4.57 Å². The lowest BCUT2D eigenvalue weighted by atomic mass is 10.1. The van der Waals surface area contributed by atoms with Crippen LogP contribution in [0.25, 0.3) is 10.4 Å². The molecule has 2 heterocycles. The molecule has 108 valence electrons. The van der Waals surface area contributed by atoms with Crippen LogP contribution in [0, 0.1) is 6.92 Å². The van der Waals surface area contributed by atoms with Crippen LogP contribution < -0.4 is 11.2 Å². The van der Waals surface area contributed by atoms with Crippen molar-refractivity contribution in [2.75, 3.05) is 6.61 Å². The van der Waals surface area contributed by atoms with E-state index in [9.17, 15) is 14.7 Å². The number of rotatable bonds is 3. The molecule has 1 aliphatic heterocycles. The van der Waals surface area contributed by atoms with Crippen LogP contribution in [0.2, 0.25) is 0 Å². The summed E-state index contributed by atoms with van der Waals surface area (Å²) in [5.74, 6) is 0. The van der Waals surface area contributed by atoms with E-state index >= 15 is 0 Å². The Bertz CT molecular complexity index is 661. The normalized spacial score (nSPS) is 29.1. The van der Waals surface area contributed by atoms with Crippen molar-refractivity contribution in [2.24, 2.45) is 5.11 Å². The standard InChI is InChI=1S/C10H13N5O5/c1-4-2-15(10(19)12-8(4)18)9-7(17)6(13-14-11)5(3-16)20-9/h2,5-7,9,16-17H,3H2,1H3,(H,12,18,19). The number of nitrogens with one attached hydrogen (secondary N) is 1. The molecule has 1 aromatic heterocycles. The van der Waals surface area contributed by atoms with Crippen molar-refractivity contribution in [3.05, 3.63) is 43.0 Å². The highest BCUT2D eigenvalue weighted by Crippen LogP contribution is 2.30. The van der Waals surface area contributed by atoms with Gasteiger partial charge >= 0.3 is 5.69 Å². The lowest BCUT2D eigenvalue weighted by molar-refractivity contribution is -0.0532. The SMILES string of the molecule is Cc1cn(C2OC(CO)C(N=[N+]=[N-])C2O)c(=O)[nH]c1=O. The van der Waals surface area contributed by atoms with Gasteiger partial charge < -0.3 is 14.9 Å². The van der Waals surface area contributed by atoms with Gasteiger partial charge in [-0.3, -0.25) is 14.3 Å². The molecule has 2 rings (SSSR count). The number of azide groups is 1. The summed E-state index contributed by atoms with van der Waals surface area (Å²) in [6.07, 6.45) is -2.15. The summed E-state index contributed by atoms with van der Waals surface area (Å²) >= 11 is 0. The number of ether oxygens (including phenoxy) is 1. The van der Waals surface area contributed by atoms with E-state index in [1.165, 1.54) is 13.1 Å². The van der Waals surface area contributed by atoms with Crippen LogP contribution in [-0.2, 0) is 4.74 Å². The number of aliphatic hydroxyl groups is 2. The van der Waals surface area contributed by atoms with Crippen molar-refractivity contribution in [2.45, 2.75) is 31.4 Å². The molecule has 1 fully saturated rings. The van der Waals surface area contributed by atoms with Crippen LogP contribution in [0.1, 0.15) is 11.8 Å². The molecule has 0 amide bonds. The zero-order chi connectivity index (χ0) is 14.9. The van der Waals surface area contributed by atoms with Gasteiger partial charge in [0.1, 0.15) is 6.10 Å². The fraction of sp³-hybridized carbons (Fsp3) is 0.600. The van der Waals surface area contributed by atoms with Gasteiger partial charge in [0.15, 0.2) is 6.23 Å². The Kier molecular flexibility index (Phi) is 3.91. The molecule has 10 heteroatoms. The Morgan fingerprint density at radius 2 is 2.30 bits per heavy atom. The third-order valence-electron chi connectivity index (χ3n) is 3.12. The van der Waals surface area contributed by atoms with Crippen LogP contribution in [0.5, 0.6) is 0 Å². The summed E-state index contributed by atoms with van der Waals surface area (Å²) in [4.78, 5) is 27.7. The smallest absolute Gasteiger partial charge is 0.330 e. The summed E-state index contributed by atoms with van der Waals surface area (Å²) in [6.45, 7) is 1.01. The first-order valence-corrected chi connectivity index (χ1v) is 5.80. The third kappa shape index (κ3) is 2.32. The fourth-order valence-corrected chi connectivity index (χ4v) is 2.09. The number of aliphatic hydroxyl groups excluding tert-OH is 2. The monoisotopic (exact) mass is 283 g/mol. The highest BCUT2D eigenvalue weighted by Gasteiger charge is 2.44. The minimum absolute atomic E-state index is 0.258. The molecular formula is C10H13N5O5. The van der Waals surface area contributed by atoms with Gasteiger partial charge in [-0.2, -0.15) is 0 Å². The van der Waals surface area contributed by atoms with Crippen molar-refractivity contribution >= 4 is 0 Å². The van der Waals surface area contributed by atoms with Gasteiger partial charge in [-0.25, -0.2) is 4.79 Å². The van der Waals surface area contributed by atoms with Crippen molar-refractivity contribution in [1.82, 2.24) is 9.55 Å². The summed E-state index contributed by atoms with van der Waals surface area (Å²) in [6, 6.07) is -1.02. The van der Waals surface area contributed by atoms with Crippen LogP contribution in [0.15, 0.2) is 20.9 Å². The van der Waals surface area contributed by atoms with E-state index in [1.54, 1.807) is 0 Å². The second-order valence-electron chi connectivity index (χ2n) is 4.41. The molecule has 3 N–H and O–H groups in total. The molecule has 0 saturated carbocycles. The Morgan fingerprint density at radius 1 is 1.60 bits per heavy atom.